The second-order valence-corrected chi connectivity index (χ2v) is 10.2. The van der Waals surface area contributed by atoms with Gasteiger partial charge in [0.05, 0.1) is 6.04 Å². The molecule has 0 saturated heterocycles. The van der Waals surface area contributed by atoms with E-state index < -0.39 is 0 Å². The van der Waals surface area contributed by atoms with Crippen LogP contribution in [0.3, 0.4) is 0 Å². The van der Waals surface area contributed by atoms with Gasteiger partial charge in [-0.1, -0.05) is 6.07 Å². The van der Waals surface area contributed by atoms with Crippen LogP contribution in [0.4, 0.5) is 9.18 Å². The molecule has 5 aliphatic rings. The molecule has 162 valence electrons. The van der Waals surface area contributed by atoms with Crippen LogP contribution in [0.15, 0.2) is 18.2 Å². The van der Waals surface area contributed by atoms with Crippen molar-refractivity contribution in [3.05, 3.63) is 35.1 Å². The van der Waals surface area contributed by atoms with Crippen LogP contribution in [0, 0.1) is 23.6 Å². The normalized spacial score (nSPS) is 33.9. The highest BCUT2D eigenvalue weighted by Gasteiger charge is 2.51. The molecule has 1 aliphatic heterocycles. The van der Waals surface area contributed by atoms with Gasteiger partial charge >= 0.3 is 6.03 Å². The molecule has 4 fully saturated rings. The minimum absolute atomic E-state index is 0.00696. The summed E-state index contributed by atoms with van der Waals surface area (Å²) >= 11 is 0. The quantitative estimate of drug-likeness (QED) is 0.786. The molecule has 1 aromatic rings. The second kappa shape index (κ2) is 7.54. The van der Waals surface area contributed by atoms with Crippen LogP contribution in [0.25, 0.3) is 0 Å². The van der Waals surface area contributed by atoms with Crippen molar-refractivity contribution < 1.29 is 14.0 Å². The first-order valence-electron chi connectivity index (χ1n) is 11.5. The third kappa shape index (κ3) is 3.69. The number of carbonyl (C=O) groups excluding carboxylic acids is 2. The van der Waals surface area contributed by atoms with Crippen LogP contribution < -0.4 is 10.6 Å². The first kappa shape index (κ1) is 19.8. The van der Waals surface area contributed by atoms with Crippen molar-refractivity contribution in [2.45, 2.75) is 69.9 Å². The Bertz CT molecular complexity index is 820. The topological polar surface area (TPSA) is 61.4 Å². The maximum atomic E-state index is 13.6. The Kier molecular flexibility index (Phi) is 4.98. The average molecular weight is 414 g/mol. The molecule has 30 heavy (non-hydrogen) atoms. The van der Waals surface area contributed by atoms with Crippen molar-refractivity contribution in [1.82, 2.24) is 15.5 Å². The van der Waals surface area contributed by atoms with E-state index in [-0.39, 0.29) is 35.8 Å². The molecule has 4 saturated carbocycles. The van der Waals surface area contributed by atoms with E-state index in [1.54, 1.807) is 4.90 Å². The first-order valence-corrected chi connectivity index (χ1v) is 11.5. The molecular formula is C24H32FN3O2. The zero-order valence-corrected chi connectivity index (χ0v) is 17.8. The number of urea groups is 1. The Morgan fingerprint density at radius 1 is 1.13 bits per heavy atom. The second-order valence-electron chi connectivity index (χ2n) is 10.2. The van der Waals surface area contributed by atoms with Crippen molar-refractivity contribution in [3.8, 4) is 0 Å². The Hall–Kier alpha value is -2.11. The number of nitrogens with zero attached hydrogens (tertiary/aromatic N) is 1. The molecule has 4 bridgehead atoms. The van der Waals surface area contributed by atoms with Crippen molar-refractivity contribution >= 4 is 11.9 Å². The summed E-state index contributed by atoms with van der Waals surface area (Å²) in [5, 5.41) is 6.20. The van der Waals surface area contributed by atoms with Gasteiger partial charge < -0.3 is 15.5 Å². The fraction of sp³-hybridized carbons (Fsp3) is 0.667. The van der Waals surface area contributed by atoms with Gasteiger partial charge in [0.2, 0.25) is 5.91 Å². The lowest BCUT2D eigenvalue weighted by molar-refractivity contribution is -0.133. The molecule has 1 heterocycles. The molecule has 1 atom stereocenters. The summed E-state index contributed by atoms with van der Waals surface area (Å²) < 4.78 is 13.6. The van der Waals surface area contributed by atoms with Crippen molar-refractivity contribution in [2.24, 2.45) is 17.8 Å². The molecular weight excluding hydrogens is 381 g/mol. The van der Waals surface area contributed by atoms with Gasteiger partial charge in [-0.2, -0.15) is 0 Å². The van der Waals surface area contributed by atoms with Gasteiger partial charge in [-0.05, 0) is 92.9 Å². The molecule has 1 unspecified atom stereocenters. The minimum atomic E-state index is -0.266. The smallest absolute Gasteiger partial charge is 0.315 e. The largest absolute Gasteiger partial charge is 0.338 e. The lowest BCUT2D eigenvalue weighted by Crippen LogP contribution is -2.61. The fourth-order valence-corrected chi connectivity index (χ4v) is 7.10. The summed E-state index contributed by atoms with van der Waals surface area (Å²) in [7, 11) is 0. The first-order chi connectivity index (χ1) is 14.4. The number of carbonyl (C=O) groups is 2. The molecule has 0 radical (unpaired) electrons. The summed E-state index contributed by atoms with van der Waals surface area (Å²) in [5.41, 5.74) is 1.99. The minimum Gasteiger partial charge on any atom is -0.338 e. The number of benzene rings is 1. The van der Waals surface area contributed by atoms with E-state index >= 15 is 0 Å². The summed E-state index contributed by atoms with van der Waals surface area (Å²) in [6, 6.07) is 4.56. The number of nitrogens with one attached hydrogen (secondary N) is 2. The molecule has 2 N–H and O–H groups in total. The van der Waals surface area contributed by atoms with Gasteiger partial charge in [0, 0.05) is 25.0 Å². The van der Waals surface area contributed by atoms with Gasteiger partial charge in [-0.25, -0.2) is 9.18 Å². The van der Waals surface area contributed by atoms with Crippen LogP contribution >= 0.6 is 0 Å². The number of rotatable bonds is 4. The molecule has 6 heteroatoms. The number of hydrogen-bond acceptors (Lipinski definition) is 2. The maximum absolute atomic E-state index is 13.6. The fourth-order valence-electron chi connectivity index (χ4n) is 7.10. The zero-order chi connectivity index (χ0) is 20.9. The average Bonchev–Trinajstić information content (AvgIpc) is 2.67. The van der Waals surface area contributed by atoms with Gasteiger partial charge in [-0.15, -0.1) is 0 Å². The van der Waals surface area contributed by atoms with Gasteiger partial charge in [0.15, 0.2) is 0 Å². The van der Waals surface area contributed by atoms with Crippen molar-refractivity contribution in [3.63, 3.8) is 0 Å². The lowest BCUT2D eigenvalue weighted by atomic mass is 9.53. The Labute approximate surface area is 177 Å². The van der Waals surface area contributed by atoms with Gasteiger partial charge in [0.25, 0.3) is 0 Å². The standard InChI is InChI=1S/C24H32FN3O2/c1-15-21-11-20(25)3-2-19(21)5-7-28(15)22(29)4-6-26-23(30)27-24-12-16-8-17(13-24)10-18(9-16)14-24/h2-3,11,15-18H,4-10,12-14H2,1H3,(H2,26,27,30). The molecule has 1 aromatic carbocycles. The monoisotopic (exact) mass is 413 g/mol. The van der Waals surface area contributed by atoms with E-state index in [4.69, 9.17) is 0 Å². The Balaban J connectivity index is 1.12. The van der Waals surface area contributed by atoms with Crippen LogP contribution in [-0.4, -0.2) is 35.5 Å². The predicted octanol–water partition coefficient (Wildman–Crippen LogP) is 3.93. The highest BCUT2D eigenvalue weighted by molar-refractivity contribution is 5.79. The van der Waals surface area contributed by atoms with Crippen molar-refractivity contribution in [2.75, 3.05) is 13.1 Å². The highest BCUT2D eigenvalue weighted by atomic mass is 19.1. The lowest BCUT2D eigenvalue weighted by Gasteiger charge is -2.56. The molecule has 5 nitrogen and oxygen atoms in total. The maximum Gasteiger partial charge on any atom is 0.315 e. The van der Waals surface area contributed by atoms with Crippen LogP contribution in [0.5, 0.6) is 0 Å². The third-order valence-electron chi connectivity index (χ3n) is 8.01. The third-order valence-corrected chi connectivity index (χ3v) is 8.01. The van der Waals surface area contributed by atoms with E-state index in [0.29, 0.717) is 13.1 Å². The summed E-state index contributed by atoms with van der Waals surface area (Å²) in [4.78, 5) is 27.1. The molecule has 6 rings (SSSR count). The molecule has 3 amide bonds. The number of halogens is 1. The Morgan fingerprint density at radius 3 is 2.47 bits per heavy atom. The Morgan fingerprint density at radius 2 is 1.80 bits per heavy atom. The van der Waals surface area contributed by atoms with Crippen LogP contribution in [0.1, 0.15) is 69.0 Å². The van der Waals surface area contributed by atoms with Crippen LogP contribution in [0.2, 0.25) is 0 Å². The highest BCUT2D eigenvalue weighted by Crippen LogP contribution is 2.55. The van der Waals surface area contributed by atoms with E-state index in [0.717, 1.165) is 54.6 Å². The SMILES string of the molecule is CC1c2cc(F)ccc2CCN1C(=O)CCNC(=O)NC12CC3CC(CC(C3)C1)C2. The molecule has 0 spiro atoms. The zero-order valence-electron chi connectivity index (χ0n) is 17.8. The number of amides is 3. The molecule has 4 aliphatic carbocycles. The molecule has 0 aromatic heterocycles. The summed E-state index contributed by atoms with van der Waals surface area (Å²) in [6.07, 6.45) is 8.40. The van der Waals surface area contributed by atoms with Crippen LogP contribution in [-0.2, 0) is 11.2 Å². The van der Waals surface area contributed by atoms with Gasteiger partial charge in [0.1, 0.15) is 5.82 Å². The summed E-state index contributed by atoms with van der Waals surface area (Å²) in [6.45, 7) is 2.91. The number of hydrogen-bond donors (Lipinski definition) is 2. The summed E-state index contributed by atoms with van der Waals surface area (Å²) in [5.74, 6) is 2.09. The number of fused-ring (bicyclic) bond motifs is 1. The van der Waals surface area contributed by atoms with E-state index in [1.165, 1.54) is 31.4 Å². The van der Waals surface area contributed by atoms with E-state index in [2.05, 4.69) is 10.6 Å². The predicted molar refractivity (Wildman–Crippen MR) is 112 cm³/mol. The van der Waals surface area contributed by atoms with Gasteiger partial charge in [-0.3, -0.25) is 4.79 Å². The van der Waals surface area contributed by atoms with E-state index in [1.807, 2.05) is 13.0 Å². The van der Waals surface area contributed by atoms with E-state index in [9.17, 15) is 14.0 Å². The van der Waals surface area contributed by atoms with Crippen molar-refractivity contribution in [1.29, 1.82) is 0 Å².